The van der Waals surface area contributed by atoms with Crippen molar-refractivity contribution in [1.29, 1.82) is 0 Å². The minimum absolute atomic E-state index is 0.343. The zero-order chi connectivity index (χ0) is 12.3. The summed E-state index contributed by atoms with van der Waals surface area (Å²) < 4.78 is 5.42. The second-order valence-electron chi connectivity index (χ2n) is 3.40. The van der Waals surface area contributed by atoms with E-state index < -0.39 is 5.91 Å². The Labute approximate surface area is 102 Å². The standard InChI is InChI=1S/C11H11N3O2S/c1-7(9(12)15)17-11-14-13-10(16-11)8-5-3-2-4-6-8/h2-7H,1H3,(H2,12,15)/t7-/m0/s1. The van der Waals surface area contributed by atoms with Gasteiger partial charge in [-0.15, -0.1) is 10.2 Å². The number of aromatic nitrogens is 2. The SMILES string of the molecule is C[C@H](Sc1nnc(-c2ccccc2)o1)C(N)=O. The minimum Gasteiger partial charge on any atom is -0.411 e. The van der Waals surface area contributed by atoms with Crippen LogP contribution >= 0.6 is 11.8 Å². The van der Waals surface area contributed by atoms with Crippen molar-refractivity contribution in [2.45, 2.75) is 17.4 Å². The highest BCUT2D eigenvalue weighted by molar-refractivity contribution is 8.00. The molecule has 17 heavy (non-hydrogen) atoms. The van der Waals surface area contributed by atoms with Gasteiger partial charge in [-0.05, 0) is 19.1 Å². The molecule has 1 aromatic carbocycles. The maximum atomic E-state index is 10.9. The number of primary amides is 1. The van der Waals surface area contributed by atoms with Crippen molar-refractivity contribution in [1.82, 2.24) is 10.2 Å². The molecule has 6 heteroatoms. The van der Waals surface area contributed by atoms with Crippen molar-refractivity contribution >= 4 is 17.7 Å². The maximum absolute atomic E-state index is 10.9. The summed E-state index contributed by atoms with van der Waals surface area (Å²) in [5, 5.41) is 7.72. The van der Waals surface area contributed by atoms with Crippen LogP contribution in [0.2, 0.25) is 0 Å². The lowest BCUT2D eigenvalue weighted by Gasteiger charge is -2.00. The largest absolute Gasteiger partial charge is 0.411 e. The van der Waals surface area contributed by atoms with Gasteiger partial charge in [-0.1, -0.05) is 30.0 Å². The molecular weight excluding hydrogens is 238 g/mol. The lowest BCUT2D eigenvalue weighted by molar-refractivity contribution is -0.117. The van der Waals surface area contributed by atoms with Gasteiger partial charge in [0.2, 0.25) is 11.8 Å². The van der Waals surface area contributed by atoms with Gasteiger partial charge < -0.3 is 10.2 Å². The van der Waals surface area contributed by atoms with Crippen molar-refractivity contribution < 1.29 is 9.21 Å². The second kappa shape index (κ2) is 5.01. The lowest BCUT2D eigenvalue weighted by Crippen LogP contribution is -2.22. The third-order valence-electron chi connectivity index (χ3n) is 2.11. The number of thioether (sulfide) groups is 1. The topological polar surface area (TPSA) is 82.0 Å². The van der Waals surface area contributed by atoms with Crippen LogP contribution in [0.1, 0.15) is 6.92 Å². The molecule has 0 unspecified atom stereocenters. The normalized spacial score (nSPS) is 12.3. The maximum Gasteiger partial charge on any atom is 0.277 e. The molecule has 1 aromatic heterocycles. The highest BCUT2D eigenvalue weighted by Crippen LogP contribution is 2.25. The van der Waals surface area contributed by atoms with E-state index in [4.69, 9.17) is 10.2 Å². The average Bonchev–Trinajstić information content (AvgIpc) is 2.78. The molecule has 0 aliphatic rings. The average molecular weight is 249 g/mol. The van der Waals surface area contributed by atoms with E-state index in [2.05, 4.69) is 10.2 Å². The summed E-state index contributed by atoms with van der Waals surface area (Å²) in [7, 11) is 0. The first kappa shape index (κ1) is 11.7. The van der Waals surface area contributed by atoms with Crippen LogP contribution in [0.15, 0.2) is 40.0 Å². The molecule has 0 bridgehead atoms. The predicted octanol–water partition coefficient (Wildman–Crippen LogP) is 1.70. The first-order valence-corrected chi connectivity index (χ1v) is 5.89. The Kier molecular flexibility index (Phi) is 3.43. The smallest absolute Gasteiger partial charge is 0.277 e. The van der Waals surface area contributed by atoms with Crippen molar-refractivity contribution in [2.75, 3.05) is 0 Å². The third-order valence-corrected chi connectivity index (χ3v) is 3.06. The molecular formula is C11H11N3O2S. The Morgan fingerprint density at radius 2 is 2.06 bits per heavy atom. The molecule has 1 heterocycles. The monoisotopic (exact) mass is 249 g/mol. The second-order valence-corrected chi connectivity index (χ2v) is 4.69. The van der Waals surface area contributed by atoms with Gasteiger partial charge in [-0.3, -0.25) is 4.79 Å². The molecule has 0 aliphatic heterocycles. The fraction of sp³-hybridized carbons (Fsp3) is 0.182. The molecule has 88 valence electrons. The van der Waals surface area contributed by atoms with E-state index in [1.165, 1.54) is 0 Å². The molecule has 0 saturated heterocycles. The molecule has 1 amide bonds. The molecule has 0 aliphatic carbocycles. The van der Waals surface area contributed by atoms with Crippen molar-refractivity contribution in [2.24, 2.45) is 5.73 Å². The minimum atomic E-state index is -0.408. The lowest BCUT2D eigenvalue weighted by atomic mass is 10.2. The molecule has 1 atom stereocenters. The van der Waals surface area contributed by atoms with Crippen molar-refractivity contribution in [3.63, 3.8) is 0 Å². The zero-order valence-electron chi connectivity index (χ0n) is 9.16. The van der Waals surface area contributed by atoms with Crippen molar-refractivity contribution in [3.8, 4) is 11.5 Å². The molecule has 0 fully saturated rings. The molecule has 2 N–H and O–H groups in total. The van der Waals surface area contributed by atoms with Crippen LogP contribution in [0.5, 0.6) is 0 Å². The van der Waals surface area contributed by atoms with Gasteiger partial charge in [-0.2, -0.15) is 0 Å². The van der Waals surface area contributed by atoms with Crippen LogP contribution in [0.4, 0.5) is 0 Å². The Balaban J connectivity index is 2.14. The predicted molar refractivity (Wildman–Crippen MR) is 64.2 cm³/mol. The Hall–Kier alpha value is -1.82. The van der Waals surface area contributed by atoms with Gasteiger partial charge in [-0.25, -0.2) is 0 Å². The number of carbonyl (C=O) groups is 1. The Bertz CT molecular complexity index is 512. The number of benzene rings is 1. The number of hydrogen-bond donors (Lipinski definition) is 1. The summed E-state index contributed by atoms with van der Waals surface area (Å²) in [4.78, 5) is 10.9. The fourth-order valence-corrected chi connectivity index (χ4v) is 1.80. The summed E-state index contributed by atoms with van der Waals surface area (Å²) in [6, 6.07) is 9.43. The molecule has 0 radical (unpaired) electrons. The third kappa shape index (κ3) is 2.85. The van der Waals surface area contributed by atoms with Gasteiger partial charge in [0.25, 0.3) is 5.22 Å². The van der Waals surface area contributed by atoms with Gasteiger partial charge in [0.15, 0.2) is 0 Å². The summed E-state index contributed by atoms with van der Waals surface area (Å²) in [6.07, 6.45) is 0. The summed E-state index contributed by atoms with van der Waals surface area (Å²) >= 11 is 1.15. The first-order chi connectivity index (χ1) is 8.16. The van der Waals surface area contributed by atoms with E-state index in [0.29, 0.717) is 11.1 Å². The molecule has 0 saturated carbocycles. The van der Waals surface area contributed by atoms with Gasteiger partial charge in [0.05, 0.1) is 5.25 Å². The van der Waals surface area contributed by atoms with E-state index in [9.17, 15) is 4.79 Å². The Morgan fingerprint density at radius 1 is 1.35 bits per heavy atom. The quantitative estimate of drug-likeness (QED) is 0.834. The highest BCUT2D eigenvalue weighted by atomic mass is 32.2. The highest BCUT2D eigenvalue weighted by Gasteiger charge is 2.15. The van der Waals surface area contributed by atoms with Crippen LogP contribution in [0.25, 0.3) is 11.5 Å². The van der Waals surface area contributed by atoms with E-state index in [1.54, 1.807) is 6.92 Å². The van der Waals surface area contributed by atoms with Gasteiger partial charge >= 0.3 is 0 Å². The van der Waals surface area contributed by atoms with E-state index in [1.807, 2.05) is 30.3 Å². The van der Waals surface area contributed by atoms with Crippen molar-refractivity contribution in [3.05, 3.63) is 30.3 Å². The molecule has 2 aromatic rings. The molecule has 2 rings (SSSR count). The first-order valence-electron chi connectivity index (χ1n) is 5.01. The molecule has 5 nitrogen and oxygen atoms in total. The summed E-state index contributed by atoms with van der Waals surface area (Å²) in [5.41, 5.74) is 6.00. The van der Waals surface area contributed by atoms with Crippen LogP contribution in [-0.4, -0.2) is 21.4 Å². The van der Waals surface area contributed by atoms with Crippen LogP contribution < -0.4 is 5.73 Å². The zero-order valence-corrected chi connectivity index (χ0v) is 9.98. The van der Waals surface area contributed by atoms with E-state index in [0.717, 1.165) is 17.3 Å². The fourth-order valence-electron chi connectivity index (χ4n) is 1.16. The van der Waals surface area contributed by atoms with Gasteiger partial charge in [0, 0.05) is 5.56 Å². The number of amides is 1. The van der Waals surface area contributed by atoms with E-state index >= 15 is 0 Å². The Morgan fingerprint density at radius 3 is 2.71 bits per heavy atom. The number of rotatable bonds is 4. The van der Waals surface area contributed by atoms with E-state index in [-0.39, 0.29) is 5.25 Å². The number of hydrogen-bond acceptors (Lipinski definition) is 5. The molecule has 0 spiro atoms. The van der Waals surface area contributed by atoms with Gasteiger partial charge in [0.1, 0.15) is 0 Å². The summed E-state index contributed by atoms with van der Waals surface area (Å²) in [6.45, 7) is 1.69. The number of nitrogens with zero attached hydrogens (tertiary/aromatic N) is 2. The van der Waals surface area contributed by atoms with Crippen LogP contribution in [-0.2, 0) is 4.79 Å². The number of nitrogens with two attached hydrogens (primary N) is 1. The summed E-state index contributed by atoms with van der Waals surface area (Å²) in [5.74, 6) is 0.0271. The number of carbonyl (C=O) groups excluding carboxylic acids is 1. The van der Waals surface area contributed by atoms with Crippen LogP contribution in [0.3, 0.4) is 0 Å². The van der Waals surface area contributed by atoms with Crippen LogP contribution in [0, 0.1) is 0 Å².